The number of anilines is 3. The maximum absolute atomic E-state index is 13.1. The molecule has 0 N–H and O–H groups in total. The number of hydrogen-bond acceptors (Lipinski definition) is 7. The standard InChI is InChI=1S/C21H21N5OS2/c27-21(25-12-10-24(11-13-25)18-5-1-2-8-22-18)17-6-7-19(29-17)26-14-15-28-20-16(26)4-3-9-23-20/h1-9H,10-15H2. The molecule has 29 heavy (non-hydrogen) atoms. The number of rotatable bonds is 3. The molecule has 0 aromatic carbocycles. The van der Waals surface area contributed by atoms with Crippen LogP contribution in [0.5, 0.6) is 0 Å². The molecule has 0 unspecified atom stereocenters. The molecule has 5 rings (SSSR count). The number of thiophene rings is 1. The minimum atomic E-state index is 0.125. The summed E-state index contributed by atoms with van der Waals surface area (Å²) in [4.78, 5) is 29.2. The smallest absolute Gasteiger partial charge is 0.264 e. The third-order valence-corrected chi connectivity index (χ3v) is 7.28. The van der Waals surface area contributed by atoms with Gasteiger partial charge in [-0.1, -0.05) is 6.07 Å². The SMILES string of the molecule is O=C(c1ccc(N2CCSc3ncccc32)s1)N1CCN(c2ccccn2)CC1. The lowest BCUT2D eigenvalue weighted by Crippen LogP contribution is -2.48. The molecule has 1 fully saturated rings. The van der Waals surface area contributed by atoms with Crippen molar-refractivity contribution < 1.29 is 4.79 Å². The number of pyridine rings is 2. The van der Waals surface area contributed by atoms with Crippen LogP contribution in [0.4, 0.5) is 16.5 Å². The fourth-order valence-electron chi connectivity index (χ4n) is 3.70. The molecule has 148 valence electrons. The fourth-order valence-corrected chi connectivity index (χ4v) is 5.65. The van der Waals surface area contributed by atoms with Gasteiger partial charge in [0.05, 0.1) is 15.6 Å². The lowest BCUT2D eigenvalue weighted by molar-refractivity contribution is 0.0751. The van der Waals surface area contributed by atoms with Gasteiger partial charge in [-0.3, -0.25) is 4.79 Å². The first-order chi connectivity index (χ1) is 14.3. The van der Waals surface area contributed by atoms with Crippen LogP contribution >= 0.6 is 23.1 Å². The van der Waals surface area contributed by atoms with Crippen LogP contribution in [0.25, 0.3) is 0 Å². The molecule has 6 nitrogen and oxygen atoms in total. The molecule has 8 heteroatoms. The number of hydrogen-bond donors (Lipinski definition) is 0. The first-order valence-electron chi connectivity index (χ1n) is 9.70. The Morgan fingerprint density at radius 1 is 0.897 bits per heavy atom. The maximum Gasteiger partial charge on any atom is 0.264 e. The van der Waals surface area contributed by atoms with E-state index in [-0.39, 0.29) is 5.91 Å². The summed E-state index contributed by atoms with van der Waals surface area (Å²) in [6.07, 6.45) is 3.65. The van der Waals surface area contributed by atoms with Crippen LogP contribution in [0, 0.1) is 0 Å². The van der Waals surface area contributed by atoms with Gasteiger partial charge in [0.25, 0.3) is 5.91 Å². The van der Waals surface area contributed by atoms with Gasteiger partial charge >= 0.3 is 0 Å². The van der Waals surface area contributed by atoms with E-state index in [1.807, 2.05) is 47.6 Å². The number of fused-ring (bicyclic) bond motifs is 1. The second-order valence-corrected chi connectivity index (χ2v) is 9.08. The Morgan fingerprint density at radius 3 is 2.59 bits per heavy atom. The summed E-state index contributed by atoms with van der Waals surface area (Å²) in [7, 11) is 0. The van der Waals surface area contributed by atoms with Gasteiger partial charge in [-0.05, 0) is 36.4 Å². The summed E-state index contributed by atoms with van der Waals surface area (Å²) in [5.41, 5.74) is 1.13. The molecule has 0 radical (unpaired) electrons. The first kappa shape index (κ1) is 18.4. The van der Waals surface area contributed by atoms with Gasteiger partial charge in [0.1, 0.15) is 10.8 Å². The van der Waals surface area contributed by atoms with Crippen LogP contribution < -0.4 is 9.80 Å². The van der Waals surface area contributed by atoms with Crippen LogP contribution in [-0.4, -0.2) is 59.3 Å². The van der Waals surface area contributed by atoms with Gasteiger partial charge in [-0.25, -0.2) is 9.97 Å². The van der Waals surface area contributed by atoms with Gasteiger partial charge in [-0.2, -0.15) is 0 Å². The van der Waals surface area contributed by atoms with Crippen molar-refractivity contribution in [2.75, 3.05) is 48.3 Å². The average molecular weight is 424 g/mol. The molecule has 2 aliphatic heterocycles. The van der Waals surface area contributed by atoms with Gasteiger partial charge in [0.15, 0.2) is 0 Å². The number of amides is 1. The minimum absolute atomic E-state index is 0.125. The maximum atomic E-state index is 13.1. The van der Waals surface area contributed by atoms with Gasteiger partial charge in [0.2, 0.25) is 0 Å². The van der Waals surface area contributed by atoms with Crippen molar-refractivity contribution in [2.45, 2.75) is 5.03 Å². The molecule has 0 spiro atoms. The van der Waals surface area contributed by atoms with Crippen LogP contribution in [-0.2, 0) is 0 Å². The second kappa shape index (κ2) is 8.04. The lowest BCUT2D eigenvalue weighted by atomic mass is 10.3. The Morgan fingerprint density at radius 2 is 1.76 bits per heavy atom. The molecular weight excluding hydrogens is 402 g/mol. The highest BCUT2D eigenvalue weighted by molar-refractivity contribution is 7.99. The Labute approximate surface area is 178 Å². The molecule has 0 saturated carbocycles. The van der Waals surface area contributed by atoms with E-state index >= 15 is 0 Å². The van der Waals surface area contributed by atoms with Crippen LogP contribution in [0.3, 0.4) is 0 Å². The molecule has 1 saturated heterocycles. The van der Waals surface area contributed by atoms with E-state index in [2.05, 4.69) is 31.9 Å². The van der Waals surface area contributed by atoms with Crippen LogP contribution in [0.2, 0.25) is 0 Å². The molecule has 1 amide bonds. The zero-order valence-electron chi connectivity index (χ0n) is 15.9. The van der Waals surface area contributed by atoms with E-state index in [9.17, 15) is 4.79 Å². The summed E-state index contributed by atoms with van der Waals surface area (Å²) in [5.74, 6) is 2.11. The number of carbonyl (C=O) groups is 1. The second-order valence-electron chi connectivity index (χ2n) is 6.93. The predicted octanol–water partition coefficient (Wildman–Crippen LogP) is 3.74. The molecule has 0 aliphatic carbocycles. The summed E-state index contributed by atoms with van der Waals surface area (Å²) in [6, 6.07) is 14.0. The highest BCUT2D eigenvalue weighted by Gasteiger charge is 2.26. The number of piperazine rings is 1. The highest BCUT2D eigenvalue weighted by Crippen LogP contribution is 2.40. The summed E-state index contributed by atoms with van der Waals surface area (Å²) in [6.45, 7) is 3.98. The lowest BCUT2D eigenvalue weighted by Gasteiger charge is -2.35. The quantitative estimate of drug-likeness (QED) is 0.640. The van der Waals surface area contributed by atoms with E-state index in [0.29, 0.717) is 0 Å². The zero-order valence-corrected chi connectivity index (χ0v) is 17.5. The normalized spacial score (nSPS) is 16.6. The Kier molecular flexibility index (Phi) is 5.12. The van der Waals surface area contributed by atoms with Crippen LogP contribution in [0.1, 0.15) is 9.67 Å². The molecule has 0 bridgehead atoms. The van der Waals surface area contributed by atoms with Crippen molar-refractivity contribution >= 4 is 45.5 Å². The monoisotopic (exact) mass is 423 g/mol. The third kappa shape index (κ3) is 3.70. The van der Waals surface area contributed by atoms with Crippen molar-refractivity contribution in [2.24, 2.45) is 0 Å². The number of carbonyl (C=O) groups excluding carboxylic acids is 1. The molecule has 3 aromatic heterocycles. The van der Waals surface area contributed by atoms with E-state index in [0.717, 1.165) is 64.9 Å². The summed E-state index contributed by atoms with van der Waals surface area (Å²) >= 11 is 3.36. The number of aromatic nitrogens is 2. The Hall–Kier alpha value is -2.58. The van der Waals surface area contributed by atoms with E-state index in [1.165, 1.54) is 0 Å². The van der Waals surface area contributed by atoms with Gasteiger partial charge in [-0.15, -0.1) is 23.1 Å². The minimum Gasteiger partial charge on any atom is -0.353 e. The Bertz CT molecular complexity index is 1000. The van der Waals surface area contributed by atoms with E-state index in [1.54, 1.807) is 23.1 Å². The largest absolute Gasteiger partial charge is 0.353 e. The third-order valence-electron chi connectivity index (χ3n) is 5.20. The molecule has 0 atom stereocenters. The summed E-state index contributed by atoms with van der Waals surface area (Å²) in [5, 5.41) is 2.17. The van der Waals surface area contributed by atoms with Crippen molar-refractivity contribution in [1.82, 2.24) is 14.9 Å². The zero-order chi connectivity index (χ0) is 19.6. The molecule has 3 aromatic rings. The molecular formula is C21H21N5OS2. The van der Waals surface area contributed by atoms with Crippen molar-refractivity contribution in [3.63, 3.8) is 0 Å². The predicted molar refractivity (Wildman–Crippen MR) is 119 cm³/mol. The number of nitrogens with zero attached hydrogens (tertiary/aromatic N) is 5. The topological polar surface area (TPSA) is 52.6 Å². The molecule has 5 heterocycles. The van der Waals surface area contributed by atoms with Gasteiger partial charge < -0.3 is 14.7 Å². The van der Waals surface area contributed by atoms with E-state index in [4.69, 9.17) is 0 Å². The first-order valence-corrected chi connectivity index (χ1v) is 11.5. The Balaban J connectivity index is 1.28. The fraction of sp³-hybridized carbons (Fsp3) is 0.286. The summed E-state index contributed by atoms with van der Waals surface area (Å²) < 4.78 is 0. The van der Waals surface area contributed by atoms with Crippen LogP contribution in [0.15, 0.2) is 59.9 Å². The van der Waals surface area contributed by atoms with Crippen molar-refractivity contribution in [3.8, 4) is 0 Å². The van der Waals surface area contributed by atoms with E-state index < -0.39 is 0 Å². The van der Waals surface area contributed by atoms with Gasteiger partial charge in [0, 0.05) is 50.9 Å². The average Bonchev–Trinajstić information content (AvgIpc) is 3.29. The number of thioether (sulfide) groups is 1. The molecule has 2 aliphatic rings. The van der Waals surface area contributed by atoms with Crippen molar-refractivity contribution in [1.29, 1.82) is 0 Å². The van der Waals surface area contributed by atoms with Crippen molar-refractivity contribution in [3.05, 3.63) is 59.7 Å². The highest BCUT2D eigenvalue weighted by atomic mass is 32.2.